The Balaban J connectivity index is 2.83. The predicted molar refractivity (Wildman–Crippen MR) is 70.7 cm³/mol. The summed E-state index contributed by atoms with van der Waals surface area (Å²) in [7, 11) is 0. The van der Waals surface area contributed by atoms with Crippen LogP contribution in [0, 0.1) is 5.92 Å². The second kappa shape index (κ2) is 6.86. The van der Waals surface area contributed by atoms with E-state index in [4.69, 9.17) is 5.11 Å². The Morgan fingerprint density at radius 2 is 2.05 bits per heavy atom. The maximum Gasteiger partial charge on any atom is 0.326 e. The third-order valence-corrected chi connectivity index (χ3v) is 3.60. The number of hydrogen-bond donors (Lipinski definition) is 2. The van der Waals surface area contributed by atoms with Crippen LogP contribution in [0.5, 0.6) is 0 Å². The molecule has 1 heterocycles. The standard InChI is InChI=1S/C13H24N2O4/c1-9(2)12(13(18)19)15(10(3)17)11-4-5-14(8-11)6-7-16/h9,11-12,16H,4-8H2,1-3H3,(H,18,19)/t11-,12-/m0/s1. The summed E-state index contributed by atoms with van der Waals surface area (Å²) in [5.41, 5.74) is 0. The minimum absolute atomic E-state index is 0.0763. The molecule has 6 heteroatoms. The van der Waals surface area contributed by atoms with Crippen molar-refractivity contribution in [3.05, 3.63) is 0 Å². The number of aliphatic hydroxyl groups is 1. The lowest BCUT2D eigenvalue weighted by Crippen LogP contribution is -2.53. The van der Waals surface area contributed by atoms with Gasteiger partial charge < -0.3 is 15.1 Å². The molecule has 0 aromatic carbocycles. The van der Waals surface area contributed by atoms with E-state index in [-0.39, 0.29) is 24.5 Å². The van der Waals surface area contributed by atoms with Gasteiger partial charge in [0.2, 0.25) is 5.91 Å². The molecule has 0 aliphatic carbocycles. The average molecular weight is 272 g/mol. The normalized spacial score (nSPS) is 21.6. The lowest BCUT2D eigenvalue weighted by Gasteiger charge is -2.35. The van der Waals surface area contributed by atoms with Gasteiger partial charge in [0.1, 0.15) is 6.04 Å². The largest absolute Gasteiger partial charge is 0.480 e. The zero-order valence-corrected chi connectivity index (χ0v) is 11.9. The monoisotopic (exact) mass is 272 g/mol. The van der Waals surface area contributed by atoms with Crippen LogP contribution in [0.1, 0.15) is 27.2 Å². The summed E-state index contributed by atoms with van der Waals surface area (Å²) in [4.78, 5) is 26.8. The van der Waals surface area contributed by atoms with Crippen LogP contribution in [0.15, 0.2) is 0 Å². The topological polar surface area (TPSA) is 81.1 Å². The number of likely N-dealkylation sites (tertiary alicyclic amines) is 1. The number of carboxylic acids is 1. The van der Waals surface area contributed by atoms with Crippen molar-refractivity contribution in [1.82, 2.24) is 9.80 Å². The molecule has 1 amide bonds. The van der Waals surface area contributed by atoms with Crippen molar-refractivity contribution in [1.29, 1.82) is 0 Å². The highest BCUT2D eigenvalue weighted by Gasteiger charge is 2.38. The fourth-order valence-electron chi connectivity index (χ4n) is 2.79. The summed E-state index contributed by atoms with van der Waals surface area (Å²) >= 11 is 0. The summed E-state index contributed by atoms with van der Waals surface area (Å²) in [5.74, 6) is -1.28. The number of amides is 1. The molecule has 2 atom stereocenters. The molecular formula is C13H24N2O4. The van der Waals surface area contributed by atoms with Gasteiger partial charge in [-0.3, -0.25) is 9.69 Å². The molecule has 1 saturated heterocycles. The van der Waals surface area contributed by atoms with Crippen LogP contribution in [0.2, 0.25) is 0 Å². The molecule has 1 fully saturated rings. The lowest BCUT2D eigenvalue weighted by atomic mass is 10.00. The molecule has 19 heavy (non-hydrogen) atoms. The van der Waals surface area contributed by atoms with Crippen molar-refractivity contribution in [3.8, 4) is 0 Å². The van der Waals surface area contributed by atoms with Gasteiger partial charge >= 0.3 is 5.97 Å². The SMILES string of the molecule is CC(=O)N([C@H]1CCN(CCO)C1)[C@H](C(=O)O)C(C)C. The number of aliphatic hydroxyl groups excluding tert-OH is 1. The molecule has 6 nitrogen and oxygen atoms in total. The van der Waals surface area contributed by atoms with E-state index in [1.807, 2.05) is 13.8 Å². The fourth-order valence-corrected chi connectivity index (χ4v) is 2.79. The minimum Gasteiger partial charge on any atom is -0.480 e. The Hall–Kier alpha value is -1.14. The lowest BCUT2D eigenvalue weighted by molar-refractivity contribution is -0.153. The quantitative estimate of drug-likeness (QED) is 0.712. The molecule has 0 unspecified atom stereocenters. The van der Waals surface area contributed by atoms with Crippen LogP contribution >= 0.6 is 0 Å². The van der Waals surface area contributed by atoms with Crippen LogP contribution in [-0.4, -0.2) is 70.2 Å². The van der Waals surface area contributed by atoms with Crippen LogP contribution in [0.3, 0.4) is 0 Å². The van der Waals surface area contributed by atoms with Gasteiger partial charge in [-0.1, -0.05) is 13.8 Å². The van der Waals surface area contributed by atoms with Crippen LogP contribution < -0.4 is 0 Å². The molecule has 1 aliphatic rings. The molecular weight excluding hydrogens is 248 g/mol. The van der Waals surface area contributed by atoms with Crippen LogP contribution in [0.4, 0.5) is 0 Å². The summed E-state index contributed by atoms with van der Waals surface area (Å²) in [6, 6.07) is -0.857. The molecule has 1 rings (SSSR count). The van der Waals surface area contributed by atoms with Gasteiger partial charge in [-0.25, -0.2) is 4.79 Å². The van der Waals surface area contributed by atoms with Crippen molar-refractivity contribution >= 4 is 11.9 Å². The summed E-state index contributed by atoms with van der Waals surface area (Å²) in [5, 5.41) is 18.3. The van der Waals surface area contributed by atoms with E-state index in [2.05, 4.69) is 4.90 Å². The minimum atomic E-state index is -0.953. The van der Waals surface area contributed by atoms with Gasteiger partial charge in [-0.05, 0) is 12.3 Å². The highest BCUT2D eigenvalue weighted by atomic mass is 16.4. The first kappa shape index (κ1) is 15.9. The fraction of sp³-hybridized carbons (Fsp3) is 0.846. The number of hydrogen-bond acceptors (Lipinski definition) is 4. The number of rotatable bonds is 6. The Morgan fingerprint density at radius 1 is 1.42 bits per heavy atom. The average Bonchev–Trinajstić information content (AvgIpc) is 2.72. The third-order valence-electron chi connectivity index (χ3n) is 3.60. The first-order valence-electron chi connectivity index (χ1n) is 6.73. The first-order chi connectivity index (χ1) is 8.88. The molecule has 0 aromatic rings. The summed E-state index contributed by atoms with van der Waals surface area (Å²) < 4.78 is 0. The van der Waals surface area contributed by atoms with Crippen molar-refractivity contribution < 1.29 is 19.8 Å². The smallest absolute Gasteiger partial charge is 0.326 e. The zero-order chi connectivity index (χ0) is 14.6. The van der Waals surface area contributed by atoms with Crippen molar-refractivity contribution in [2.75, 3.05) is 26.2 Å². The van der Waals surface area contributed by atoms with Gasteiger partial charge in [0.05, 0.1) is 6.61 Å². The molecule has 0 bridgehead atoms. The van der Waals surface area contributed by atoms with E-state index in [0.717, 1.165) is 13.0 Å². The Morgan fingerprint density at radius 3 is 2.47 bits per heavy atom. The van der Waals surface area contributed by atoms with Gasteiger partial charge in [0.25, 0.3) is 0 Å². The number of nitrogens with zero attached hydrogens (tertiary/aromatic N) is 2. The number of β-amino-alcohol motifs (C(OH)–C–C–N with tert-alkyl or cyclic N) is 1. The van der Waals surface area contributed by atoms with Crippen LogP contribution in [0.25, 0.3) is 0 Å². The van der Waals surface area contributed by atoms with Crippen molar-refractivity contribution in [3.63, 3.8) is 0 Å². The van der Waals surface area contributed by atoms with E-state index in [1.54, 1.807) is 0 Å². The summed E-state index contributed by atoms with van der Waals surface area (Å²) in [6.07, 6.45) is 0.760. The van der Waals surface area contributed by atoms with E-state index in [9.17, 15) is 14.7 Å². The molecule has 1 aliphatic heterocycles. The molecule has 2 N–H and O–H groups in total. The van der Waals surface area contributed by atoms with Crippen molar-refractivity contribution in [2.45, 2.75) is 39.3 Å². The molecule has 0 aromatic heterocycles. The molecule has 110 valence electrons. The summed E-state index contributed by atoms with van der Waals surface area (Å²) in [6.45, 7) is 7.13. The van der Waals surface area contributed by atoms with Gasteiger partial charge in [-0.15, -0.1) is 0 Å². The highest BCUT2D eigenvalue weighted by Crippen LogP contribution is 2.22. The zero-order valence-electron chi connectivity index (χ0n) is 11.9. The van der Waals surface area contributed by atoms with Crippen LogP contribution in [-0.2, 0) is 9.59 Å². The number of carboxylic acid groups (broad SMARTS) is 1. The van der Waals surface area contributed by atoms with Crippen molar-refractivity contribution in [2.24, 2.45) is 5.92 Å². The van der Waals surface area contributed by atoms with Gasteiger partial charge in [0.15, 0.2) is 0 Å². The van der Waals surface area contributed by atoms with E-state index < -0.39 is 12.0 Å². The second-order valence-electron chi connectivity index (χ2n) is 5.42. The van der Waals surface area contributed by atoms with E-state index in [1.165, 1.54) is 11.8 Å². The van der Waals surface area contributed by atoms with Gasteiger partial charge in [0, 0.05) is 32.6 Å². The second-order valence-corrected chi connectivity index (χ2v) is 5.42. The maximum absolute atomic E-state index is 11.8. The number of carbonyl (C=O) groups excluding carboxylic acids is 1. The Labute approximate surface area is 114 Å². The first-order valence-corrected chi connectivity index (χ1v) is 6.73. The molecule has 0 radical (unpaired) electrons. The van der Waals surface area contributed by atoms with Gasteiger partial charge in [-0.2, -0.15) is 0 Å². The number of carbonyl (C=O) groups is 2. The predicted octanol–water partition coefficient (Wildman–Crippen LogP) is 0.0107. The van der Waals surface area contributed by atoms with E-state index >= 15 is 0 Å². The molecule has 0 saturated carbocycles. The van der Waals surface area contributed by atoms with E-state index in [0.29, 0.717) is 13.1 Å². The highest BCUT2D eigenvalue weighted by molar-refractivity contribution is 5.82. The Bertz CT molecular complexity index is 333. The number of aliphatic carboxylic acids is 1. The maximum atomic E-state index is 11.8. The molecule has 0 spiro atoms. The third kappa shape index (κ3) is 3.91. The Kier molecular flexibility index (Phi) is 5.75.